The molecule has 0 radical (unpaired) electrons. The monoisotopic (exact) mass is 486 g/mol. The third-order valence-electron chi connectivity index (χ3n) is 5.76. The lowest BCUT2D eigenvalue weighted by Crippen LogP contribution is -2.28. The Balaban J connectivity index is 1.56. The van der Waals surface area contributed by atoms with Gasteiger partial charge in [-0.1, -0.05) is 61.0 Å². The number of aryl methyl sites for hydroxylation is 2. The molecule has 4 rings (SSSR count). The summed E-state index contributed by atoms with van der Waals surface area (Å²) in [6.07, 6.45) is 2.77. The van der Waals surface area contributed by atoms with Crippen molar-refractivity contribution in [2.24, 2.45) is 4.99 Å². The Kier molecular flexibility index (Phi) is 7.93. The van der Waals surface area contributed by atoms with Crippen LogP contribution >= 0.6 is 11.8 Å². The molecule has 0 bridgehead atoms. The van der Waals surface area contributed by atoms with E-state index in [1.165, 1.54) is 17.3 Å². The molecule has 0 spiro atoms. The zero-order valence-electron chi connectivity index (χ0n) is 20.6. The highest BCUT2D eigenvalue weighted by atomic mass is 32.2. The first kappa shape index (κ1) is 24.6. The molecule has 1 amide bonds. The van der Waals surface area contributed by atoms with Gasteiger partial charge in [0.15, 0.2) is 16.7 Å². The van der Waals surface area contributed by atoms with E-state index in [-0.39, 0.29) is 5.91 Å². The minimum atomic E-state index is -0.0380. The average molecular weight is 487 g/mol. The predicted molar refractivity (Wildman–Crippen MR) is 144 cm³/mol. The van der Waals surface area contributed by atoms with Crippen LogP contribution in [0.4, 0.5) is 5.69 Å². The summed E-state index contributed by atoms with van der Waals surface area (Å²) in [4.78, 5) is 20.3. The van der Waals surface area contributed by atoms with Crippen molar-refractivity contribution in [3.63, 3.8) is 0 Å². The first-order valence-corrected chi connectivity index (χ1v) is 12.6. The van der Waals surface area contributed by atoms with Crippen LogP contribution in [-0.2, 0) is 17.8 Å². The standard InChI is InChI=1S/C29H30N2O3S/c1-5-23-12-7-8-13-24(23)30-29-31(6-2)28(32)27(35-29)18-21-14-15-25(26(17-21)33-4)34-19-22-11-9-10-20(3)16-22/h7-18H,5-6,19H2,1-4H3/b27-18+,30-29?. The van der Waals surface area contributed by atoms with Gasteiger partial charge in [-0.2, -0.15) is 0 Å². The number of amides is 1. The molecule has 5 nitrogen and oxygen atoms in total. The summed E-state index contributed by atoms with van der Waals surface area (Å²) in [5.41, 5.74) is 5.23. The number of para-hydroxylation sites is 1. The van der Waals surface area contributed by atoms with Crippen molar-refractivity contribution in [3.05, 3.63) is 93.9 Å². The number of nitrogens with zero attached hydrogens (tertiary/aromatic N) is 2. The molecule has 0 saturated carbocycles. The molecule has 35 heavy (non-hydrogen) atoms. The number of aliphatic imine (C=N–C) groups is 1. The van der Waals surface area contributed by atoms with Gasteiger partial charge >= 0.3 is 0 Å². The van der Waals surface area contributed by atoms with Gasteiger partial charge in [0.1, 0.15) is 6.61 Å². The molecule has 0 aliphatic carbocycles. The normalized spacial score (nSPS) is 15.8. The van der Waals surface area contributed by atoms with Crippen LogP contribution in [0.15, 0.2) is 76.6 Å². The van der Waals surface area contributed by atoms with E-state index in [1.54, 1.807) is 12.0 Å². The van der Waals surface area contributed by atoms with Crippen LogP contribution in [0.25, 0.3) is 6.08 Å². The second kappa shape index (κ2) is 11.3. The summed E-state index contributed by atoms with van der Waals surface area (Å²) in [5, 5.41) is 0.703. The van der Waals surface area contributed by atoms with Crippen LogP contribution in [0.2, 0.25) is 0 Å². The maximum absolute atomic E-state index is 13.1. The van der Waals surface area contributed by atoms with Gasteiger partial charge in [-0.15, -0.1) is 0 Å². The minimum absolute atomic E-state index is 0.0380. The molecule has 3 aromatic carbocycles. The highest BCUT2D eigenvalue weighted by Crippen LogP contribution is 2.36. The van der Waals surface area contributed by atoms with Crippen LogP contribution in [0, 0.1) is 6.92 Å². The lowest BCUT2D eigenvalue weighted by Gasteiger charge is -2.13. The number of ether oxygens (including phenoxy) is 2. The molecule has 1 aliphatic heterocycles. The quantitative estimate of drug-likeness (QED) is 0.330. The molecule has 1 saturated heterocycles. The van der Waals surface area contributed by atoms with Gasteiger partial charge in [-0.05, 0) is 73.0 Å². The van der Waals surface area contributed by atoms with E-state index < -0.39 is 0 Å². The molecular formula is C29H30N2O3S. The number of hydrogen-bond acceptors (Lipinski definition) is 5. The van der Waals surface area contributed by atoms with Crippen molar-refractivity contribution in [1.82, 2.24) is 4.90 Å². The summed E-state index contributed by atoms with van der Waals surface area (Å²) in [7, 11) is 1.62. The van der Waals surface area contributed by atoms with E-state index in [4.69, 9.17) is 14.5 Å². The van der Waals surface area contributed by atoms with Crippen molar-refractivity contribution in [3.8, 4) is 11.5 Å². The van der Waals surface area contributed by atoms with Crippen LogP contribution in [0.5, 0.6) is 11.5 Å². The molecule has 180 valence electrons. The van der Waals surface area contributed by atoms with E-state index in [2.05, 4.69) is 32.0 Å². The van der Waals surface area contributed by atoms with E-state index in [0.29, 0.717) is 34.7 Å². The number of likely N-dealkylation sites (N-methyl/N-ethyl adjacent to an activating group) is 1. The Labute approximate surface area is 211 Å². The highest BCUT2D eigenvalue weighted by Gasteiger charge is 2.32. The third-order valence-corrected chi connectivity index (χ3v) is 6.76. The smallest absolute Gasteiger partial charge is 0.266 e. The van der Waals surface area contributed by atoms with Gasteiger partial charge in [0.2, 0.25) is 0 Å². The van der Waals surface area contributed by atoms with Crippen LogP contribution < -0.4 is 9.47 Å². The van der Waals surface area contributed by atoms with E-state index in [1.807, 2.05) is 61.5 Å². The number of carbonyl (C=O) groups is 1. The second-order valence-corrected chi connectivity index (χ2v) is 9.23. The van der Waals surface area contributed by atoms with Crippen molar-refractivity contribution in [2.45, 2.75) is 33.8 Å². The van der Waals surface area contributed by atoms with Gasteiger partial charge in [0, 0.05) is 6.54 Å². The predicted octanol–water partition coefficient (Wildman–Crippen LogP) is 6.77. The lowest BCUT2D eigenvalue weighted by atomic mass is 10.1. The maximum Gasteiger partial charge on any atom is 0.266 e. The fraction of sp³-hybridized carbons (Fsp3) is 0.241. The van der Waals surface area contributed by atoms with Crippen LogP contribution in [0.1, 0.15) is 36.1 Å². The van der Waals surface area contributed by atoms with E-state index >= 15 is 0 Å². The molecular weight excluding hydrogens is 456 g/mol. The summed E-state index contributed by atoms with van der Waals surface area (Å²) in [5.74, 6) is 1.25. The summed E-state index contributed by atoms with van der Waals surface area (Å²) >= 11 is 1.40. The van der Waals surface area contributed by atoms with Crippen molar-refractivity contribution in [2.75, 3.05) is 13.7 Å². The summed E-state index contributed by atoms with van der Waals surface area (Å²) in [6.45, 7) is 7.15. The Morgan fingerprint density at radius 3 is 2.57 bits per heavy atom. The van der Waals surface area contributed by atoms with Gasteiger partial charge in [-0.25, -0.2) is 4.99 Å². The Morgan fingerprint density at radius 1 is 1.00 bits per heavy atom. The fourth-order valence-electron chi connectivity index (χ4n) is 3.90. The van der Waals surface area contributed by atoms with Crippen molar-refractivity contribution in [1.29, 1.82) is 0 Å². The fourth-order valence-corrected chi connectivity index (χ4v) is 4.96. The SMILES string of the molecule is CCc1ccccc1N=C1S/C(=C/c2ccc(OCc3cccc(C)c3)c(OC)c2)C(=O)N1CC. The van der Waals surface area contributed by atoms with Gasteiger partial charge in [-0.3, -0.25) is 9.69 Å². The van der Waals surface area contributed by atoms with Crippen molar-refractivity contribution >= 4 is 34.6 Å². The van der Waals surface area contributed by atoms with E-state index in [9.17, 15) is 4.79 Å². The van der Waals surface area contributed by atoms with E-state index in [0.717, 1.165) is 28.8 Å². The number of benzene rings is 3. The first-order valence-electron chi connectivity index (χ1n) is 11.8. The summed E-state index contributed by atoms with van der Waals surface area (Å²) < 4.78 is 11.6. The van der Waals surface area contributed by atoms with Crippen molar-refractivity contribution < 1.29 is 14.3 Å². The minimum Gasteiger partial charge on any atom is -0.493 e. The molecule has 0 N–H and O–H groups in total. The molecule has 1 heterocycles. The number of thioether (sulfide) groups is 1. The largest absolute Gasteiger partial charge is 0.493 e. The van der Waals surface area contributed by atoms with Gasteiger partial charge in [0.25, 0.3) is 5.91 Å². The van der Waals surface area contributed by atoms with Crippen LogP contribution in [-0.4, -0.2) is 29.6 Å². The Bertz CT molecular complexity index is 1280. The number of carbonyl (C=O) groups excluding carboxylic acids is 1. The van der Waals surface area contributed by atoms with Gasteiger partial charge in [0.05, 0.1) is 17.7 Å². The zero-order valence-corrected chi connectivity index (χ0v) is 21.4. The average Bonchev–Trinajstić information content (AvgIpc) is 3.16. The molecule has 0 unspecified atom stereocenters. The first-order chi connectivity index (χ1) is 17.0. The lowest BCUT2D eigenvalue weighted by molar-refractivity contribution is -0.122. The zero-order chi connectivity index (χ0) is 24.8. The second-order valence-electron chi connectivity index (χ2n) is 8.22. The Hall–Kier alpha value is -3.51. The summed E-state index contributed by atoms with van der Waals surface area (Å²) in [6, 6.07) is 22.0. The highest BCUT2D eigenvalue weighted by molar-refractivity contribution is 8.18. The topological polar surface area (TPSA) is 51.1 Å². The molecule has 0 aromatic heterocycles. The molecule has 1 fully saturated rings. The third kappa shape index (κ3) is 5.77. The maximum atomic E-state index is 13.1. The molecule has 3 aromatic rings. The number of amidine groups is 1. The van der Waals surface area contributed by atoms with Gasteiger partial charge < -0.3 is 9.47 Å². The number of hydrogen-bond donors (Lipinski definition) is 0. The van der Waals surface area contributed by atoms with Crippen LogP contribution in [0.3, 0.4) is 0 Å². The molecule has 6 heteroatoms. The number of methoxy groups -OCH3 is 1. The number of rotatable bonds is 8. The molecule has 1 aliphatic rings. The molecule has 0 atom stereocenters. The Morgan fingerprint density at radius 2 is 1.83 bits per heavy atom.